The molecule has 4 aromatic rings. The number of piperidine rings is 1. The molecule has 0 radical (unpaired) electrons. The highest BCUT2D eigenvalue weighted by Gasteiger charge is 2.29. The van der Waals surface area contributed by atoms with E-state index < -0.39 is 5.25 Å². The molecule has 1 fully saturated rings. The summed E-state index contributed by atoms with van der Waals surface area (Å²) in [6, 6.07) is 12.5. The SMILES string of the molecule is COC(=O)C(Sc1ncc(-c2ccncc2)[nH]1)c1nccc(SC2CCN(c3ccc(F)cc3)CC2)c1C. The number of H-pyrrole nitrogens is 1. The fourth-order valence-corrected chi connectivity index (χ4v) is 6.74. The Balaban J connectivity index is 1.29. The lowest BCUT2D eigenvalue weighted by Crippen LogP contribution is -2.34. The molecule has 1 aromatic carbocycles. The molecule has 1 N–H and O–H groups in total. The number of imidazole rings is 1. The van der Waals surface area contributed by atoms with Crippen LogP contribution in [0.2, 0.25) is 0 Å². The van der Waals surface area contributed by atoms with Gasteiger partial charge >= 0.3 is 5.97 Å². The van der Waals surface area contributed by atoms with E-state index in [9.17, 15) is 9.18 Å². The molecule has 0 saturated carbocycles. The zero-order valence-electron chi connectivity index (χ0n) is 21.1. The van der Waals surface area contributed by atoms with Gasteiger partial charge in [-0.05, 0) is 67.8 Å². The number of esters is 1. The predicted octanol–water partition coefficient (Wildman–Crippen LogP) is 6.08. The van der Waals surface area contributed by atoms with Crippen LogP contribution >= 0.6 is 23.5 Å². The number of thioether (sulfide) groups is 2. The number of hydrogen-bond donors (Lipinski definition) is 1. The van der Waals surface area contributed by atoms with Gasteiger partial charge in [0.15, 0.2) is 10.4 Å². The van der Waals surface area contributed by atoms with E-state index in [2.05, 4.69) is 24.8 Å². The molecule has 1 aliphatic rings. The Morgan fingerprint density at radius 1 is 1.08 bits per heavy atom. The van der Waals surface area contributed by atoms with Crippen LogP contribution in [0.1, 0.15) is 29.3 Å². The minimum atomic E-state index is -0.655. The Morgan fingerprint density at radius 2 is 1.82 bits per heavy atom. The monoisotopic (exact) mass is 549 g/mol. The van der Waals surface area contributed by atoms with Crippen molar-refractivity contribution >= 4 is 35.2 Å². The third-order valence-corrected chi connectivity index (χ3v) is 9.14. The maximum atomic E-state index is 13.3. The fraction of sp³-hybridized carbons (Fsp3) is 0.286. The van der Waals surface area contributed by atoms with Crippen LogP contribution in [0.3, 0.4) is 0 Å². The summed E-state index contributed by atoms with van der Waals surface area (Å²) in [5.74, 6) is -0.588. The number of carbonyl (C=O) groups excluding carboxylic acids is 1. The molecule has 5 rings (SSSR count). The Kier molecular flexibility index (Phi) is 8.29. The normalized spacial score (nSPS) is 14.9. The maximum Gasteiger partial charge on any atom is 0.325 e. The Labute approximate surface area is 229 Å². The lowest BCUT2D eigenvalue weighted by atomic mass is 10.1. The summed E-state index contributed by atoms with van der Waals surface area (Å²) in [5, 5.41) is 0.398. The number of benzene rings is 1. The Morgan fingerprint density at radius 3 is 2.53 bits per heavy atom. The van der Waals surface area contributed by atoms with Crippen LogP contribution in [0.5, 0.6) is 0 Å². The van der Waals surface area contributed by atoms with Gasteiger partial charge in [0.2, 0.25) is 0 Å². The first-order valence-electron chi connectivity index (χ1n) is 12.3. The standard InChI is InChI=1S/C28H28FN5O2S2/c1-18-24(37-22-10-15-34(16-11-22)21-5-3-20(29)4-6-21)9-14-31-25(18)26(27(35)36-2)38-28-32-17-23(33-28)19-7-12-30-13-8-19/h3-9,12-14,17,22,26H,10-11,15-16H2,1-2H3,(H,32,33). The third kappa shape index (κ3) is 6.02. The number of pyridine rings is 2. The summed E-state index contributed by atoms with van der Waals surface area (Å²) in [4.78, 5) is 32.7. The number of hydrogen-bond acceptors (Lipinski definition) is 8. The van der Waals surface area contributed by atoms with E-state index in [0.29, 0.717) is 16.1 Å². The number of anilines is 1. The Hall–Kier alpha value is -3.37. The van der Waals surface area contributed by atoms with Crippen LogP contribution in [-0.4, -0.2) is 51.4 Å². The second kappa shape index (κ2) is 12.0. The number of aromatic amines is 1. The van der Waals surface area contributed by atoms with E-state index in [0.717, 1.165) is 53.3 Å². The number of carbonyl (C=O) groups is 1. The largest absolute Gasteiger partial charge is 0.468 e. The molecule has 1 aliphatic heterocycles. The average molecular weight is 550 g/mol. The second-order valence-corrected chi connectivity index (χ2v) is 11.4. The summed E-state index contributed by atoms with van der Waals surface area (Å²) >= 11 is 3.13. The maximum absolute atomic E-state index is 13.3. The van der Waals surface area contributed by atoms with Gasteiger partial charge in [-0.15, -0.1) is 11.8 Å². The molecular formula is C28H28FN5O2S2. The second-order valence-electron chi connectivity index (χ2n) is 8.96. The first-order valence-corrected chi connectivity index (χ1v) is 14.1. The first-order chi connectivity index (χ1) is 18.5. The van der Waals surface area contributed by atoms with Gasteiger partial charge < -0.3 is 14.6 Å². The van der Waals surface area contributed by atoms with Gasteiger partial charge in [-0.25, -0.2) is 9.37 Å². The zero-order valence-corrected chi connectivity index (χ0v) is 22.8. The van der Waals surface area contributed by atoms with E-state index in [1.807, 2.05) is 49.0 Å². The highest BCUT2D eigenvalue weighted by molar-refractivity contribution is 8.00. The highest BCUT2D eigenvalue weighted by Crippen LogP contribution is 2.40. The van der Waals surface area contributed by atoms with Crippen LogP contribution in [0.15, 0.2) is 77.3 Å². The molecule has 1 atom stereocenters. The zero-order chi connectivity index (χ0) is 26.5. The molecule has 10 heteroatoms. The minimum Gasteiger partial charge on any atom is -0.468 e. The lowest BCUT2D eigenvalue weighted by Gasteiger charge is -2.33. The quantitative estimate of drug-likeness (QED) is 0.209. The molecule has 0 bridgehead atoms. The molecule has 7 nitrogen and oxygen atoms in total. The summed E-state index contributed by atoms with van der Waals surface area (Å²) in [7, 11) is 1.39. The molecule has 196 valence electrons. The van der Waals surface area contributed by atoms with Gasteiger partial charge in [0.25, 0.3) is 0 Å². The van der Waals surface area contributed by atoms with Gasteiger partial charge in [0, 0.05) is 53.1 Å². The van der Waals surface area contributed by atoms with Crippen molar-refractivity contribution in [1.82, 2.24) is 19.9 Å². The van der Waals surface area contributed by atoms with Crippen LogP contribution in [-0.2, 0) is 9.53 Å². The van der Waals surface area contributed by atoms with Crippen molar-refractivity contribution in [2.24, 2.45) is 0 Å². The number of nitrogens with zero attached hydrogens (tertiary/aromatic N) is 4. The van der Waals surface area contributed by atoms with Crippen molar-refractivity contribution in [2.75, 3.05) is 25.1 Å². The van der Waals surface area contributed by atoms with Crippen LogP contribution in [0.4, 0.5) is 10.1 Å². The topological polar surface area (TPSA) is 84.0 Å². The third-order valence-electron chi connectivity index (χ3n) is 6.56. The van der Waals surface area contributed by atoms with Gasteiger partial charge in [-0.3, -0.25) is 14.8 Å². The number of methoxy groups -OCH3 is 1. The van der Waals surface area contributed by atoms with Gasteiger partial charge in [-0.1, -0.05) is 11.8 Å². The molecule has 3 aromatic heterocycles. The number of aromatic nitrogens is 4. The van der Waals surface area contributed by atoms with E-state index in [1.54, 1.807) is 24.8 Å². The average Bonchev–Trinajstić information content (AvgIpc) is 3.43. The van der Waals surface area contributed by atoms with Crippen molar-refractivity contribution < 1.29 is 13.9 Å². The van der Waals surface area contributed by atoms with Crippen LogP contribution in [0, 0.1) is 12.7 Å². The molecule has 1 saturated heterocycles. The number of halogens is 1. The fourth-order valence-electron chi connectivity index (χ4n) is 4.46. The molecule has 0 aliphatic carbocycles. The van der Waals surface area contributed by atoms with Crippen molar-refractivity contribution in [3.05, 3.63) is 84.3 Å². The van der Waals surface area contributed by atoms with Crippen molar-refractivity contribution in [3.63, 3.8) is 0 Å². The molecule has 38 heavy (non-hydrogen) atoms. The Bertz CT molecular complexity index is 1380. The van der Waals surface area contributed by atoms with Gasteiger partial charge in [-0.2, -0.15) is 0 Å². The summed E-state index contributed by atoms with van der Waals surface area (Å²) < 4.78 is 18.4. The van der Waals surface area contributed by atoms with E-state index >= 15 is 0 Å². The first kappa shape index (κ1) is 26.2. The predicted molar refractivity (Wildman–Crippen MR) is 149 cm³/mol. The summed E-state index contributed by atoms with van der Waals surface area (Å²) in [6.07, 6.45) is 8.99. The smallest absolute Gasteiger partial charge is 0.325 e. The summed E-state index contributed by atoms with van der Waals surface area (Å²) in [5.41, 5.74) is 4.52. The molecular weight excluding hydrogens is 521 g/mol. The van der Waals surface area contributed by atoms with Gasteiger partial charge in [0.1, 0.15) is 5.82 Å². The molecule has 0 spiro atoms. The van der Waals surface area contributed by atoms with E-state index in [-0.39, 0.29) is 11.8 Å². The number of ether oxygens (including phenoxy) is 1. The van der Waals surface area contributed by atoms with Crippen molar-refractivity contribution in [2.45, 2.75) is 40.3 Å². The molecule has 1 unspecified atom stereocenters. The van der Waals surface area contributed by atoms with Crippen LogP contribution < -0.4 is 4.90 Å². The van der Waals surface area contributed by atoms with E-state index in [1.165, 1.54) is 31.0 Å². The van der Waals surface area contributed by atoms with E-state index in [4.69, 9.17) is 4.74 Å². The van der Waals surface area contributed by atoms with Crippen LogP contribution in [0.25, 0.3) is 11.3 Å². The molecule has 4 heterocycles. The highest BCUT2D eigenvalue weighted by atomic mass is 32.2. The molecule has 0 amide bonds. The summed E-state index contributed by atoms with van der Waals surface area (Å²) in [6.45, 7) is 3.85. The number of nitrogens with one attached hydrogen (secondary N) is 1. The van der Waals surface area contributed by atoms with Gasteiger partial charge in [0.05, 0.1) is 24.7 Å². The minimum absolute atomic E-state index is 0.215. The lowest BCUT2D eigenvalue weighted by molar-refractivity contribution is -0.140. The number of rotatable bonds is 8. The van der Waals surface area contributed by atoms with Crippen molar-refractivity contribution in [3.8, 4) is 11.3 Å². The van der Waals surface area contributed by atoms with Crippen molar-refractivity contribution in [1.29, 1.82) is 0 Å².